The Balaban J connectivity index is 2.48. The fourth-order valence-corrected chi connectivity index (χ4v) is 1.27. The largest absolute Gasteiger partial charge is 0.491 e. The van der Waals surface area contributed by atoms with Crippen LogP contribution in [0.25, 0.3) is 0 Å². The van der Waals surface area contributed by atoms with E-state index in [-0.39, 0.29) is 12.4 Å². The van der Waals surface area contributed by atoms with E-state index < -0.39 is 5.92 Å². The third-order valence-corrected chi connectivity index (χ3v) is 2.08. The number of ether oxygens (including phenoxy) is 1. The zero-order valence-corrected chi connectivity index (χ0v) is 9.83. The molecule has 0 saturated heterocycles. The summed E-state index contributed by atoms with van der Waals surface area (Å²) in [5, 5.41) is 2.89. The number of anilines is 2. The van der Waals surface area contributed by atoms with Crippen molar-refractivity contribution in [2.45, 2.75) is 25.7 Å². The molecule has 0 spiro atoms. The summed E-state index contributed by atoms with van der Waals surface area (Å²) in [7, 11) is 1.47. The van der Waals surface area contributed by atoms with Crippen molar-refractivity contribution in [3.05, 3.63) is 6.20 Å². The zero-order valence-electron chi connectivity index (χ0n) is 9.83. The summed E-state index contributed by atoms with van der Waals surface area (Å²) in [6.45, 7) is 1.27. The molecule has 0 fully saturated rings. The first-order chi connectivity index (χ1) is 7.92. The van der Waals surface area contributed by atoms with Gasteiger partial charge >= 0.3 is 0 Å². The second kappa shape index (κ2) is 5.60. The van der Waals surface area contributed by atoms with Gasteiger partial charge in [0.05, 0.1) is 13.3 Å². The van der Waals surface area contributed by atoms with Crippen molar-refractivity contribution in [1.29, 1.82) is 0 Å². The van der Waals surface area contributed by atoms with Crippen LogP contribution < -0.4 is 15.8 Å². The third kappa shape index (κ3) is 4.80. The molecular weight excluding hydrogens is 230 g/mol. The van der Waals surface area contributed by atoms with Crippen LogP contribution in [-0.4, -0.2) is 29.5 Å². The number of methoxy groups -OCH3 is 1. The topological polar surface area (TPSA) is 73.1 Å². The number of rotatable bonds is 6. The summed E-state index contributed by atoms with van der Waals surface area (Å²) in [6, 6.07) is 0. The van der Waals surface area contributed by atoms with Crippen molar-refractivity contribution in [2.24, 2.45) is 0 Å². The molecule has 0 aromatic carbocycles. The first kappa shape index (κ1) is 13.4. The fourth-order valence-electron chi connectivity index (χ4n) is 1.27. The minimum absolute atomic E-state index is 0.106. The third-order valence-electron chi connectivity index (χ3n) is 2.08. The van der Waals surface area contributed by atoms with Crippen molar-refractivity contribution in [3.63, 3.8) is 0 Å². The van der Waals surface area contributed by atoms with Gasteiger partial charge in [0.2, 0.25) is 11.9 Å². The van der Waals surface area contributed by atoms with Crippen LogP contribution in [0.5, 0.6) is 5.75 Å². The van der Waals surface area contributed by atoms with Crippen molar-refractivity contribution in [1.82, 2.24) is 9.97 Å². The molecule has 0 aliphatic heterocycles. The highest BCUT2D eigenvalue weighted by molar-refractivity contribution is 5.50. The van der Waals surface area contributed by atoms with Gasteiger partial charge in [-0.05, 0) is 13.3 Å². The summed E-state index contributed by atoms with van der Waals surface area (Å²) in [5.41, 5.74) is 5.42. The maximum Gasteiger partial charge on any atom is 0.245 e. The quantitative estimate of drug-likeness (QED) is 0.750. The molecule has 0 amide bonds. The maximum atomic E-state index is 12.6. The van der Waals surface area contributed by atoms with Gasteiger partial charge in [0.1, 0.15) is 0 Å². The molecule has 0 unspecified atom stereocenters. The summed E-state index contributed by atoms with van der Waals surface area (Å²) in [5.74, 6) is -1.69. The van der Waals surface area contributed by atoms with Crippen LogP contribution in [0.15, 0.2) is 6.20 Å². The van der Waals surface area contributed by atoms with Crippen molar-refractivity contribution in [3.8, 4) is 5.75 Å². The Morgan fingerprint density at radius 1 is 1.53 bits per heavy atom. The van der Waals surface area contributed by atoms with E-state index >= 15 is 0 Å². The van der Waals surface area contributed by atoms with E-state index in [0.29, 0.717) is 24.5 Å². The molecule has 3 N–H and O–H groups in total. The SMILES string of the molecule is COc1cnc(N)nc1NCCCC(C)(F)F. The number of halogens is 2. The van der Waals surface area contributed by atoms with Crippen molar-refractivity contribution < 1.29 is 13.5 Å². The predicted molar refractivity (Wildman–Crippen MR) is 61.3 cm³/mol. The summed E-state index contributed by atoms with van der Waals surface area (Å²) >= 11 is 0. The van der Waals surface area contributed by atoms with Gasteiger partial charge in [0.25, 0.3) is 0 Å². The van der Waals surface area contributed by atoms with E-state index in [9.17, 15) is 8.78 Å². The number of nitrogen functional groups attached to an aromatic ring is 1. The average Bonchev–Trinajstić information content (AvgIpc) is 2.23. The standard InChI is InChI=1S/C10H16F2N4O/c1-10(11,12)4-3-5-14-8-7(17-2)6-15-9(13)16-8/h6H,3-5H2,1-2H3,(H3,13,14,15,16). The van der Waals surface area contributed by atoms with Crippen molar-refractivity contribution >= 4 is 11.8 Å². The lowest BCUT2D eigenvalue weighted by Crippen LogP contribution is -2.13. The lowest BCUT2D eigenvalue weighted by atomic mass is 10.2. The maximum absolute atomic E-state index is 12.6. The Hall–Kier alpha value is -1.66. The predicted octanol–water partition coefficient (Wildman–Crippen LogP) is 1.91. The van der Waals surface area contributed by atoms with E-state index in [1.54, 1.807) is 0 Å². The summed E-state index contributed by atoms with van der Waals surface area (Å²) in [4.78, 5) is 7.68. The van der Waals surface area contributed by atoms with E-state index in [1.807, 2.05) is 0 Å². The molecule has 0 saturated carbocycles. The van der Waals surface area contributed by atoms with E-state index in [4.69, 9.17) is 10.5 Å². The second-order valence-corrected chi connectivity index (χ2v) is 3.75. The molecule has 1 rings (SSSR count). The smallest absolute Gasteiger partial charge is 0.245 e. The lowest BCUT2D eigenvalue weighted by Gasteiger charge is -2.12. The molecule has 0 radical (unpaired) electrons. The van der Waals surface area contributed by atoms with Crippen LogP contribution in [-0.2, 0) is 0 Å². The molecule has 96 valence electrons. The number of nitrogens with one attached hydrogen (secondary N) is 1. The fraction of sp³-hybridized carbons (Fsp3) is 0.600. The molecule has 7 heteroatoms. The number of nitrogens with zero attached hydrogens (tertiary/aromatic N) is 2. The van der Waals surface area contributed by atoms with Crippen LogP contribution >= 0.6 is 0 Å². The Morgan fingerprint density at radius 3 is 2.82 bits per heavy atom. The molecule has 1 heterocycles. The van der Waals surface area contributed by atoms with Crippen LogP contribution in [0.1, 0.15) is 19.8 Å². The van der Waals surface area contributed by atoms with Gasteiger partial charge in [-0.2, -0.15) is 4.98 Å². The molecule has 5 nitrogen and oxygen atoms in total. The Labute approximate surface area is 98.4 Å². The molecule has 0 atom stereocenters. The van der Waals surface area contributed by atoms with Gasteiger partial charge in [-0.3, -0.25) is 0 Å². The summed E-state index contributed by atoms with van der Waals surface area (Å²) in [6.07, 6.45) is 1.58. The minimum atomic E-state index is -2.64. The molecule has 0 aliphatic rings. The van der Waals surface area contributed by atoms with Gasteiger partial charge in [-0.25, -0.2) is 13.8 Å². The Bertz CT molecular complexity index is 368. The van der Waals surface area contributed by atoms with Gasteiger partial charge in [0.15, 0.2) is 11.6 Å². The van der Waals surface area contributed by atoms with E-state index in [1.165, 1.54) is 13.3 Å². The van der Waals surface area contributed by atoms with Crippen LogP contribution in [0.4, 0.5) is 20.5 Å². The van der Waals surface area contributed by atoms with Gasteiger partial charge in [-0.15, -0.1) is 0 Å². The molecule has 0 bridgehead atoms. The molecule has 0 aliphatic carbocycles. The first-order valence-corrected chi connectivity index (χ1v) is 5.20. The molecule has 1 aromatic heterocycles. The van der Waals surface area contributed by atoms with Crippen LogP contribution in [0, 0.1) is 0 Å². The van der Waals surface area contributed by atoms with Gasteiger partial charge in [0, 0.05) is 13.0 Å². The molecular formula is C10H16F2N4O. The monoisotopic (exact) mass is 246 g/mol. The summed E-state index contributed by atoms with van der Waals surface area (Å²) < 4.78 is 30.1. The highest BCUT2D eigenvalue weighted by Crippen LogP contribution is 2.22. The second-order valence-electron chi connectivity index (χ2n) is 3.75. The number of hydrogen-bond acceptors (Lipinski definition) is 5. The van der Waals surface area contributed by atoms with Crippen molar-refractivity contribution in [2.75, 3.05) is 24.7 Å². The normalized spacial score (nSPS) is 11.3. The number of nitrogens with two attached hydrogens (primary N) is 1. The average molecular weight is 246 g/mol. The van der Waals surface area contributed by atoms with E-state index in [2.05, 4.69) is 15.3 Å². The molecule has 1 aromatic rings. The first-order valence-electron chi connectivity index (χ1n) is 5.20. The van der Waals surface area contributed by atoms with E-state index in [0.717, 1.165) is 6.92 Å². The highest BCUT2D eigenvalue weighted by Gasteiger charge is 2.19. The van der Waals surface area contributed by atoms with Gasteiger partial charge in [-0.1, -0.05) is 0 Å². The number of aromatic nitrogens is 2. The lowest BCUT2D eigenvalue weighted by molar-refractivity contribution is 0.0119. The number of alkyl halides is 2. The van der Waals surface area contributed by atoms with Gasteiger partial charge < -0.3 is 15.8 Å². The molecule has 17 heavy (non-hydrogen) atoms. The highest BCUT2D eigenvalue weighted by atomic mass is 19.3. The minimum Gasteiger partial charge on any atom is -0.491 e. The van der Waals surface area contributed by atoms with Crippen LogP contribution in [0.2, 0.25) is 0 Å². The number of hydrogen-bond donors (Lipinski definition) is 2. The zero-order chi connectivity index (χ0) is 12.9. The van der Waals surface area contributed by atoms with Crippen LogP contribution in [0.3, 0.4) is 0 Å². The Kier molecular flexibility index (Phi) is 4.42. The Morgan fingerprint density at radius 2 is 2.24 bits per heavy atom.